The van der Waals surface area contributed by atoms with Gasteiger partial charge in [-0.15, -0.1) is 0 Å². The third-order valence-electron chi connectivity index (χ3n) is 3.41. The Morgan fingerprint density at radius 2 is 2.12 bits per heavy atom. The Morgan fingerprint density at radius 3 is 2.71 bits per heavy atom. The summed E-state index contributed by atoms with van der Waals surface area (Å²) in [5, 5.41) is 9.27. The number of aliphatic carboxylic acids is 1. The van der Waals surface area contributed by atoms with Crippen LogP contribution in [0.4, 0.5) is 0 Å². The van der Waals surface area contributed by atoms with Crippen LogP contribution in [0.15, 0.2) is 30.3 Å². The van der Waals surface area contributed by atoms with Crippen LogP contribution in [0, 0.1) is 5.92 Å². The number of carboxylic acid groups (broad SMARTS) is 1. The molecular weight excluding hydrogens is 216 g/mol. The summed E-state index contributed by atoms with van der Waals surface area (Å²) in [6.45, 7) is 1.95. The highest BCUT2D eigenvalue weighted by Gasteiger charge is 2.38. The van der Waals surface area contributed by atoms with Crippen molar-refractivity contribution in [1.29, 1.82) is 0 Å². The van der Waals surface area contributed by atoms with Crippen LogP contribution in [-0.4, -0.2) is 35.1 Å². The van der Waals surface area contributed by atoms with Gasteiger partial charge < -0.3 is 10.8 Å². The summed E-state index contributed by atoms with van der Waals surface area (Å²) in [7, 11) is 0. The highest BCUT2D eigenvalue weighted by Crippen LogP contribution is 2.25. The fourth-order valence-electron chi connectivity index (χ4n) is 2.53. The standard InChI is InChI=1S/C13H18N2O2/c14-8-11-6-7-15(12(11)13(16)17)9-10-4-2-1-3-5-10/h1-5,11-12H,6-9,14H2,(H,16,17)/t11-,12+/m1/s1. The molecule has 17 heavy (non-hydrogen) atoms. The molecule has 0 amide bonds. The van der Waals surface area contributed by atoms with Gasteiger partial charge in [-0.1, -0.05) is 30.3 Å². The number of benzene rings is 1. The van der Waals surface area contributed by atoms with Gasteiger partial charge in [0.25, 0.3) is 0 Å². The molecule has 1 aromatic rings. The smallest absolute Gasteiger partial charge is 0.321 e. The maximum absolute atomic E-state index is 11.3. The van der Waals surface area contributed by atoms with Crippen LogP contribution in [-0.2, 0) is 11.3 Å². The predicted octanol–water partition coefficient (Wildman–Crippen LogP) is 0.920. The zero-order valence-corrected chi connectivity index (χ0v) is 9.75. The number of carboxylic acids is 1. The maximum Gasteiger partial charge on any atom is 0.321 e. The first kappa shape index (κ1) is 12.1. The normalized spacial score (nSPS) is 25.0. The summed E-state index contributed by atoms with van der Waals surface area (Å²) in [5.74, 6) is -0.676. The topological polar surface area (TPSA) is 66.6 Å². The molecule has 2 rings (SSSR count). The highest BCUT2D eigenvalue weighted by atomic mass is 16.4. The number of likely N-dealkylation sites (tertiary alicyclic amines) is 1. The van der Waals surface area contributed by atoms with E-state index in [4.69, 9.17) is 5.73 Å². The van der Waals surface area contributed by atoms with E-state index in [2.05, 4.69) is 0 Å². The number of hydrogen-bond donors (Lipinski definition) is 2. The Hall–Kier alpha value is -1.39. The fourth-order valence-corrected chi connectivity index (χ4v) is 2.53. The maximum atomic E-state index is 11.3. The van der Waals surface area contributed by atoms with Gasteiger partial charge in [-0.3, -0.25) is 9.69 Å². The molecule has 1 fully saturated rings. The lowest BCUT2D eigenvalue weighted by atomic mass is 10.0. The minimum Gasteiger partial charge on any atom is -0.480 e. The van der Waals surface area contributed by atoms with E-state index >= 15 is 0 Å². The third-order valence-corrected chi connectivity index (χ3v) is 3.41. The largest absolute Gasteiger partial charge is 0.480 e. The molecule has 4 nitrogen and oxygen atoms in total. The van der Waals surface area contributed by atoms with Crippen molar-refractivity contribution in [2.75, 3.05) is 13.1 Å². The predicted molar refractivity (Wildman–Crippen MR) is 65.4 cm³/mol. The lowest BCUT2D eigenvalue weighted by molar-refractivity contribution is -0.143. The van der Waals surface area contributed by atoms with Gasteiger partial charge >= 0.3 is 5.97 Å². The monoisotopic (exact) mass is 234 g/mol. The Bertz CT molecular complexity index is 380. The van der Waals surface area contributed by atoms with Crippen molar-refractivity contribution in [3.63, 3.8) is 0 Å². The molecule has 0 radical (unpaired) electrons. The van der Waals surface area contributed by atoms with Crippen molar-refractivity contribution in [3.05, 3.63) is 35.9 Å². The van der Waals surface area contributed by atoms with Gasteiger partial charge in [0, 0.05) is 6.54 Å². The highest BCUT2D eigenvalue weighted by molar-refractivity contribution is 5.74. The third kappa shape index (κ3) is 2.65. The van der Waals surface area contributed by atoms with Crippen LogP contribution in [0.25, 0.3) is 0 Å². The summed E-state index contributed by atoms with van der Waals surface area (Å²) in [5.41, 5.74) is 6.78. The number of rotatable bonds is 4. The lowest BCUT2D eigenvalue weighted by Crippen LogP contribution is -2.41. The van der Waals surface area contributed by atoms with Crippen LogP contribution < -0.4 is 5.73 Å². The van der Waals surface area contributed by atoms with E-state index in [0.717, 1.165) is 18.5 Å². The summed E-state index contributed by atoms with van der Waals surface area (Å²) < 4.78 is 0. The van der Waals surface area contributed by atoms with Gasteiger partial charge in [0.2, 0.25) is 0 Å². The second-order valence-corrected chi connectivity index (χ2v) is 4.52. The summed E-state index contributed by atoms with van der Waals surface area (Å²) >= 11 is 0. The Kier molecular flexibility index (Phi) is 3.76. The molecule has 0 spiro atoms. The SMILES string of the molecule is NC[C@H]1CCN(Cc2ccccc2)[C@@H]1C(=O)O. The first-order chi connectivity index (χ1) is 8.22. The number of carbonyl (C=O) groups is 1. The summed E-state index contributed by atoms with van der Waals surface area (Å²) in [6, 6.07) is 9.53. The number of nitrogens with zero attached hydrogens (tertiary/aromatic N) is 1. The second kappa shape index (κ2) is 5.29. The second-order valence-electron chi connectivity index (χ2n) is 4.52. The average molecular weight is 234 g/mol. The van der Waals surface area contributed by atoms with E-state index in [-0.39, 0.29) is 5.92 Å². The first-order valence-corrected chi connectivity index (χ1v) is 5.93. The van der Waals surface area contributed by atoms with E-state index < -0.39 is 12.0 Å². The number of hydrogen-bond acceptors (Lipinski definition) is 3. The van der Waals surface area contributed by atoms with Crippen LogP contribution in [0.5, 0.6) is 0 Å². The van der Waals surface area contributed by atoms with Gasteiger partial charge in [0.05, 0.1) is 0 Å². The minimum atomic E-state index is -0.756. The molecule has 0 aliphatic carbocycles. The molecule has 0 aromatic heterocycles. The van der Waals surface area contributed by atoms with E-state index in [1.165, 1.54) is 0 Å². The van der Waals surface area contributed by atoms with Gasteiger partial charge in [-0.2, -0.15) is 0 Å². The minimum absolute atomic E-state index is 0.0798. The number of nitrogens with two attached hydrogens (primary N) is 1. The molecule has 0 unspecified atom stereocenters. The molecular formula is C13H18N2O2. The molecule has 1 heterocycles. The molecule has 1 aliphatic rings. The van der Waals surface area contributed by atoms with Crippen molar-refractivity contribution in [1.82, 2.24) is 4.90 Å². The molecule has 0 bridgehead atoms. The molecule has 3 N–H and O–H groups in total. The quantitative estimate of drug-likeness (QED) is 0.813. The van der Waals surface area contributed by atoms with E-state index in [9.17, 15) is 9.90 Å². The van der Waals surface area contributed by atoms with Crippen molar-refractivity contribution in [3.8, 4) is 0 Å². The molecule has 92 valence electrons. The van der Waals surface area contributed by atoms with Gasteiger partial charge in [0.15, 0.2) is 0 Å². The van der Waals surface area contributed by atoms with Crippen molar-refractivity contribution in [2.45, 2.75) is 19.0 Å². The van der Waals surface area contributed by atoms with Crippen LogP contribution in [0.1, 0.15) is 12.0 Å². The van der Waals surface area contributed by atoms with Crippen LogP contribution in [0.3, 0.4) is 0 Å². The Morgan fingerprint density at radius 1 is 1.41 bits per heavy atom. The van der Waals surface area contributed by atoms with Gasteiger partial charge in [-0.05, 0) is 31.0 Å². The van der Waals surface area contributed by atoms with Crippen LogP contribution >= 0.6 is 0 Å². The summed E-state index contributed by atoms with van der Waals surface area (Å²) in [4.78, 5) is 13.3. The lowest BCUT2D eigenvalue weighted by Gasteiger charge is -2.23. The van der Waals surface area contributed by atoms with Gasteiger partial charge in [-0.25, -0.2) is 0 Å². The zero-order valence-electron chi connectivity index (χ0n) is 9.75. The van der Waals surface area contributed by atoms with Crippen molar-refractivity contribution >= 4 is 5.97 Å². The Balaban J connectivity index is 2.08. The fraction of sp³-hybridized carbons (Fsp3) is 0.462. The first-order valence-electron chi connectivity index (χ1n) is 5.93. The molecule has 1 saturated heterocycles. The Labute approximate surface area is 101 Å². The molecule has 1 aromatic carbocycles. The molecule has 1 aliphatic heterocycles. The molecule has 2 atom stereocenters. The van der Waals surface area contributed by atoms with Gasteiger partial charge in [0.1, 0.15) is 6.04 Å². The van der Waals surface area contributed by atoms with Crippen molar-refractivity contribution < 1.29 is 9.90 Å². The van der Waals surface area contributed by atoms with E-state index in [1.54, 1.807) is 0 Å². The van der Waals surface area contributed by atoms with Crippen LogP contribution in [0.2, 0.25) is 0 Å². The van der Waals surface area contributed by atoms with Crippen molar-refractivity contribution in [2.24, 2.45) is 11.7 Å². The molecule has 4 heteroatoms. The molecule has 0 saturated carbocycles. The van der Waals surface area contributed by atoms with E-state index in [0.29, 0.717) is 13.1 Å². The zero-order chi connectivity index (χ0) is 12.3. The summed E-state index contributed by atoms with van der Waals surface area (Å²) in [6.07, 6.45) is 0.875. The average Bonchev–Trinajstić information content (AvgIpc) is 2.73. The van der Waals surface area contributed by atoms with E-state index in [1.807, 2.05) is 35.2 Å².